The highest BCUT2D eigenvalue weighted by Gasteiger charge is 2.13. The SMILES string of the molecule is COCCCNC(=O)CN(C)Cc1nc(-c2cccc(Br)c2)no1. The lowest BCUT2D eigenvalue weighted by Gasteiger charge is -2.13. The molecule has 2 rings (SSSR count). The van der Waals surface area contributed by atoms with E-state index in [1.807, 2.05) is 36.2 Å². The second kappa shape index (κ2) is 9.51. The van der Waals surface area contributed by atoms with Crippen molar-refractivity contribution >= 4 is 21.8 Å². The average molecular weight is 397 g/mol. The highest BCUT2D eigenvalue weighted by Crippen LogP contribution is 2.20. The zero-order chi connectivity index (χ0) is 17.4. The summed E-state index contributed by atoms with van der Waals surface area (Å²) in [6.07, 6.45) is 0.797. The Balaban J connectivity index is 1.82. The van der Waals surface area contributed by atoms with Crippen molar-refractivity contribution < 1.29 is 14.1 Å². The van der Waals surface area contributed by atoms with Crippen molar-refractivity contribution in [2.45, 2.75) is 13.0 Å². The van der Waals surface area contributed by atoms with Crippen LogP contribution in [0, 0.1) is 0 Å². The van der Waals surface area contributed by atoms with Gasteiger partial charge in [-0.15, -0.1) is 0 Å². The van der Waals surface area contributed by atoms with Gasteiger partial charge in [-0.1, -0.05) is 33.2 Å². The van der Waals surface area contributed by atoms with Crippen molar-refractivity contribution in [3.8, 4) is 11.4 Å². The Morgan fingerprint density at radius 2 is 2.29 bits per heavy atom. The number of halogens is 1. The van der Waals surface area contributed by atoms with Gasteiger partial charge in [0.25, 0.3) is 0 Å². The fourth-order valence-corrected chi connectivity index (χ4v) is 2.50. The van der Waals surface area contributed by atoms with E-state index in [1.54, 1.807) is 7.11 Å². The maximum absolute atomic E-state index is 11.8. The van der Waals surface area contributed by atoms with Gasteiger partial charge in [-0.05, 0) is 25.6 Å². The number of likely N-dealkylation sites (N-methyl/N-ethyl adjacent to an activating group) is 1. The van der Waals surface area contributed by atoms with E-state index in [4.69, 9.17) is 9.26 Å². The summed E-state index contributed by atoms with van der Waals surface area (Å²) in [4.78, 5) is 18.0. The third-order valence-corrected chi connectivity index (χ3v) is 3.71. The number of carbonyl (C=O) groups is 1. The van der Waals surface area contributed by atoms with Gasteiger partial charge >= 0.3 is 0 Å². The van der Waals surface area contributed by atoms with Crippen LogP contribution in [0.4, 0.5) is 0 Å². The topological polar surface area (TPSA) is 80.5 Å². The first-order valence-electron chi connectivity index (χ1n) is 7.61. The lowest BCUT2D eigenvalue weighted by atomic mass is 10.2. The number of methoxy groups -OCH3 is 1. The summed E-state index contributed by atoms with van der Waals surface area (Å²) in [5.41, 5.74) is 0.873. The molecular weight excluding hydrogens is 376 g/mol. The second-order valence-corrected chi connectivity index (χ2v) is 6.31. The quantitative estimate of drug-likeness (QED) is 0.653. The molecule has 7 nitrogen and oxygen atoms in total. The molecule has 1 aromatic heterocycles. The zero-order valence-corrected chi connectivity index (χ0v) is 15.4. The Morgan fingerprint density at radius 3 is 3.04 bits per heavy atom. The van der Waals surface area contributed by atoms with Crippen molar-refractivity contribution in [2.75, 3.05) is 33.9 Å². The standard InChI is InChI=1S/C16H21BrN4O3/c1-21(10-14(22)18-7-4-8-23-2)11-15-19-16(20-24-15)12-5-3-6-13(17)9-12/h3,5-6,9H,4,7-8,10-11H2,1-2H3,(H,18,22). The lowest BCUT2D eigenvalue weighted by Crippen LogP contribution is -2.35. The molecular formula is C16H21BrN4O3. The number of aromatic nitrogens is 2. The van der Waals surface area contributed by atoms with Crippen LogP contribution in [0.3, 0.4) is 0 Å². The first-order valence-corrected chi connectivity index (χ1v) is 8.40. The van der Waals surface area contributed by atoms with Crippen LogP contribution in [0.25, 0.3) is 11.4 Å². The Hall–Kier alpha value is -1.77. The maximum Gasteiger partial charge on any atom is 0.241 e. The van der Waals surface area contributed by atoms with E-state index in [2.05, 4.69) is 31.4 Å². The third kappa shape index (κ3) is 6.03. The van der Waals surface area contributed by atoms with Crippen molar-refractivity contribution in [3.63, 3.8) is 0 Å². The van der Waals surface area contributed by atoms with E-state index in [-0.39, 0.29) is 12.5 Å². The molecule has 0 unspecified atom stereocenters. The van der Waals surface area contributed by atoms with E-state index in [0.717, 1.165) is 16.5 Å². The summed E-state index contributed by atoms with van der Waals surface area (Å²) in [6.45, 7) is 1.92. The third-order valence-electron chi connectivity index (χ3n) is 3.22. The van der Waals surface area contributed by atoms with Crippen LogP contribution in [0.15, 0.2) is 33.3 Å². The molecule has 2 aromatic rings. The first-order chi connectivity index (χ1) is 11.6. The molecule has 130 valence electrons. The summed E-state index contributed by atoms with van der Waals surface area (Å²) >= 11 is 3.42. The number of ether oxygens (including phenoxy) is 1. The number of amides is 1. The molecule has 0 fully saturated rings. The number of benzene rings is 1. The molecule has 0 bridgehead atoms. The Kier molecular flexibility index (Phi) is 7.36. The predicted molar refractivity (Wildman–Crippen MR) is 93.3 cm³/mol. The summed E-state index contributed by atoms with van der Waals surface area (Å²) in [7, 11) is 3.47. The fourth-order valence-electron chi connectivity index (χ4n) is 2.10. The molecule has 0 saturated heterocycles. The van der Waals surface area contributed by atoms with Crippen molar-refractivity contribution in [1.82, 2.24) is 20.4 Å². The maximum atomic E-state index is 11.8. The van der Waals surface area contributed by atoms with E-state index in [1.165, 1.54) is 0 Å². The molecule has 1 heterocycles. The Morgan fingerprint density at radius 1 is 1.46 bits per heavy atom. The number of rotatable bonds is 9. The number of hydrogen-bond donors (Lipinski definition) is 1. The van der Waals surface area contributed by atoms with Crippen LogP contribution >= 0.6 is 15.9 Å². The molecule has 0 aliphatic heterocycles. The predicted octanol–water partition coefficient (Wildman–Crippen LogP) is 2.08. The van der Waals surface area contributed by atoms with Gasteiger partial charge in [0, 0.05) is 30.3 Å². The van der Waals surface area contributed by atoms with E-state index >= 15 is 0 Å². The van der Waals surface area contributed by atoms with Gasteiger partial charge in [0.15, 0.2) is 0 Å². The molecule has 0 saturated carbocycles. The van der Waals surface area contributed by atoms with Crippen LogP contribution in [0.2, 0.25) is 0 Å². The van der Waals surface area contributed by atoms with Crippen molar-refractivity contribution in [1.29, 1.82) is 0 Å². The van der Waals surface area contributed by atoms with Gasteiger partial charge in [0.05, 0.1) is 13.1 Å². The van der Waals surface area contributed by atoms with Gasteiger partial charge in [0.1, 0.15) is 0 Å². The normalized spacial score (nSPS) is 11.0. The van der Waals surface area contributed by atoms with Gasteiger partial charge in [-0.3, -0.25) is 9.69 Å². The van der Waals surface area contributed by atoms with Crippen LogP contribution in [0.1, 0.15) is 12.3 Å². The van der Waals surface area contributed by atoms with E-state index < -0.39 is 0 Å². The Labute approximate surface area is 149 Å². The first kappa shape index (κ1) is 18.6. The van der Waals surface area contributed by atoms with Crippen LogP contribution in [-0.2, 0) is 16.1 Å². The van der Waals surface area contributed by atoms with E-state index in [9.17, 15) is 4.79 Å². The van der Waals surface area contributed by atoms with Crippen LogP contribution in [0.5, 0.6) is 0 Å². The average Bonchev–Trinajstić information content (AvgIpc) is 3.00. The molecule has 1 aromatic carbocycles. The number of hydrogen-bond acceptors (Lipinski definition) is 6. The smallest absolute Gasteiger partial charge is 0.241 e. The highest BCUT2D eigenvalue weighted by atomic mass is 79.9. The monoisotopic (exact) mass is 396 g/mol. The summed E-state index contributed by atoms with van der Waals surface area (Å²) in [5.74, 6) is 0.962. The zero-order valence-electron chi connectivity index (χ0n) is 13.8. The van der Waals surface area contributed by atoms with Crippen LogP contribution in [-0.4, -0.2) is 54.8 Å². The summed E-state index contributed by atoms with van der Waals surface area (Å²) in [6, 6.07) is 7.68. The van der Waals surface area contributed by atoms with Gasteiger partial charge in [0.2, 0.25) is 17.6 Å². The number of nitrogens with one attached hydrogen (secondary N) is 1. The second-order valence-electron chi connectivity index (χ2n) is 5.39. The molecule has 0 radical (unpaired) electrons. The minimum absolute atomic E-state index is 0.0414. The molecule has 1 amide bonds. The minimum Gasteiger partial charge on any atom is -0.385 e. The number of nitrogens with zero attached hydrogens (tertiary/aromatic N) is 3. The van der Waals surface area contributed by atoms with Gasteiger partial charge < -0.3 is 14.6 Å². The van der Waals surface area contributed by atoms with Gasteiger partial charge in [-0.2, -0.15) is 4.98 Å². The molecule has 8 heteroatoms. The molecule has 1 N–H and O–H groups in total. The summed E-state index contributed by atoms with van der Waals surface area (Å²) in [5, 5.41) is 6.82. The van der Waals surface area contributed by atoms with Crippen molar-refractivity contribution in [3.05, 3.63) is 34.6 Å². The fraction of sp³-hybridized carbons (Fsp3) is 0.438. The number of carbonyl (C=O) groups excluding carboxylic acids is 1. The van der Waals surface area contributed by atoms with E-state index in [0.29, 0.717) is 31.4 Å². The highest BCUT2D eigenvalue weighted by molar-refractivity contribution is 9.10. The van der Waals surface area contributed by atoms with Gasteiger partial charge in [-0.25, -0.2) is 0 Å². The Bertz CT molecular complexity index is 662. The largest absolute Gasteiger partial charge is 0.385 e. The molecule has 0 atom stereocenters. The van der Waals surface area contributed by atoms with Crippen molar-refractivity contribution in [2.24, 2.45) is 0 Å². The summed E-state index contributed by atoms with van der Waals surface area (Å²) < 4.78 is 11.1. The minimum atomic E-state index is -0.0414. The molecule has 24 heavy (non-hydrogen) atoms. The lowest BCUT2D eigenvalue weighted by molar-refractivity contribution is -0.122. The van der Waals surface area contributed by atoms with Crippen LogP contribution < -0.4 is 5.32 Å². The molecule has 0 aliphatic carbocycles. The molecule has 0 spiro atoms. The molecule has 0 aliphatic rings.